The highest BCUT2D eigenvalue weighted by Gasteiger charge is 2.09. The number of benzene rings is 2. The third-order valence-corrected chi connectivity index (χ3v) is 4.12. The Morgan fingerprint density at radius 2 is 1.83 bits per heavy atom. The maximum absolute atomic E-state index is 11.9. The highest BCUT2D eigenvalue weighted by Crippen LogP contribution is 2.13. The molecule has 2 aromatic rings. The van der Waals surface area contributed by atoms with Gasteiger partial charge in [-0.25, -0.2) is 4.79 Å². The molecule has 29 heavy (non-hydrogen) atoms. The number of ether oxygens (including phenoxy) is 2. The molecular formula is C24H27NO4. The van der Waals surface area contributed by atoms with Crippen LogP contribution in [0.2, 0.25) is 0 Å². The van der Waals surface area contributed by atoms with Crippen LogP contribution in [0.5, 0.6) is 5.75 Å². The number of hydrogen-bond acceptors (Lipinski definition) is 4. The molecule has 1 unspecified atom stereocenters. The van der Waals surface area contributed by atoms with Crippen LogP contribution >= 0.6 is 0 Å². The fourth-order valence-electron chi connectivity index (χ4n) is 2.60. The van der Waals surface area contributed by atoms with Gasteiger partial charge in [0.1, 0.15) is 12.4 Å². The van der Waals surface area contributed by atoms with Crippen LogP contribution in [0.1, 0.15) is 24.5 Å². The molecule has 1 N–H and O–H groups in total. The number of aryl methyl sites for hydroxylation is 1. The van der Waals surface area contributed by atoms with E-state index in [4.69, 9.17) is 9.47 Å². The van der Waals surface area contributed by atoms with Gasteiger partial charge >= 0.3 is 5.97 Å². The molecule has 2 aromatic carbocycles. The summed E-state index contributed by atoms with van der Waals surface area (Å²) in [5.74, 6) is -0.150. The second-order valence-electron chi connectivity index (χ2n) is 6.60. The first kappa shape index (κ1) is 22.0. The Morgan fingerprint density at radius 3 is 2.52 bits per heavy atom. The molecule has 0 aliphatic heterocycles. The minimum absolute atomic E-state index is 0.00114. The van der Waals surface area contributed by atoms with Crippen molar-refractivity contribution < 1.29 is 19.1 Å². The van der Waals surface area contributed by atoms with E-state index in [-0.39, 0.29) is 18.6 Å². The van der Waals surface area contributed by atoms with Gasteiger partial charge in [-0.3, -0.25) is 4.79 Å². The number of rotatable bonds is 11. The molecular weight excluding hydrogens is 366 g/mol. The van der Waals surface area contributed by atoms with Crippen LogP contribution in [0.15, 0.2) is 73.3 Å². The largest absolute Gasteiger partial charge is 0.490 e. The zero-order valence-corrected chi connectivity index (χ0v) is 16.7. The van der Waals surface area contributed by atoms with Gasteiger partial charge < -0.3 is 14.8 Å². The topological polar surface area (TPSA) is 64.6 Å². The van der Waals surface area contributed by atoms with Gasteiger partial charge in [-0.05, 0) is 49.1 Å². The molecule has 0 saturated carbocycles. The molecule has 1 atom stereocenters. The molecule has 5 heteroatoms. The van der Waals surface area contributed by atoms with E-state index in [0.717, 1.165) is 24.2 Å². The van der Waals surface area contributed by atoms with Gasteiger partial charge in [0.05, 0.1) is 0 Å². The molecule has 0 aromatic heterocycles. The maximum atomic E-state index is 11.9. The van der Waals surface area contributed by atoms with Crippen LogP contribution < -0.4 is 10.1 Å². The van der Waals surface area contributed by atoms with Crippen LogP contribution in [-0.4, -0.2) is 31.1 Å². The summed E-state index contributed by atoms with van der Waals surface area (Å²) in [6, 6.07) is 17.3. The van der Waals surface area contributed by atoms with Crippen LogP contribution in [0.3, 0.4) is 0 Å². The van der Waals surface area contributed by atoms with E-state index >= 15 is 0 Å². The quantitative estimate of drug-likeness (QED) is 0.357. The minimum atomic E-state index is -0.566. The minimum Gasteiger partial charge on any atom is -0.490 e. The Labute approximate surface area is 172 Å². The van der Waals surface area contributed by atoms with Crippen molar-refractivity contribution in [3.05, 3.63) is 84.5 Å². The van der Waals surface area contributed by atoms with Crippen molar-refractivity contribution in [1.29, 1.82) is 0 Å². The van der Waals surface area contributed by atoms with E-state index in [1.807, 2.05) is 37.3 Å². The summed E-state index contributed by atoms with van der Waals surface area (Å²) in [6.45, 7) is 5.67. The zero-order valence-electron chi connectivity index (χ0n) is 16.7. The molecule has 0 fully saturated rings. The second-order valence-corrected chi connectivity index (χ2v) is 6.60. The first-order valence-electron chi connectivity index (χ1n) is 9.58. The first-order chi connectivity index (χ1) is 14.1. The van der Waals surface area contributed by atoms with Gasteiger partial charge in [0.15, 0.2) is 6.61 Å². The van der Waals surface area contributed by atoms with Crippen molar-refractivity contribution in [3.63, 3.8) is 0 Å². The number of esters is 1. The average Bonchev–Trinajstić information content (AvgIpc) is 2.75. The molecule has 1 amide bonds. The fraction of sp³-hybridized carbons (Fsp3) is 0.250. The number of amides is 1. The van der Waals surface area contributed by atoms with Crippen molar-refractivity contribution >= 4 is 18.0 Å². The van der Waals surface area contributed by atoms with E-state index in [0.29, 0.717) is 6.61 Å². The highest BCUT2D eigenvalue weighted by atomic mass is 16.5. The van der Waals surface area contributed by atoms with Gasteiger partial charge in [-0.2, -0.15) is 0 Å². The summed E-state index contributed by atoms with van der Waals surface area (Å²) in [5, 5.41) is 2.84. The number of nitrogens with one attached hydrogen (secondary N) is 1. The maximum Gasteiger partial charge on any atom is 0.331 e. The van der Waals surface area contributed by atoms with Crippen molar-refractivity contribution in [2.24, 2.45) is 0 Å². The van der Waals surface area contributed by atoms with Crippen LogP contribution in [-0.2, 0) is 20.7 Å². The van der Waals surface area contributed by atoms with Crippen LogP contribution in [0, 0.1) is 0 Å². The molecule has 0 heterocycles. The molecule has 2 rings (SSSR count). The van der Waals surface area contributed by atoms with Gasteiger partial charge in [0.25, 0.3) is 5.91 Å². The van der Waals surface area contributed by atoms with E-state index in [1.165, 1.54) is 11.6 Å². The SMILES string of the molecule is C=CCOc1ccc(/C=C/C(=O)OCC(=O)NC(C)CCc2ccccc2)cc1. The molecule has 0 aliphatic carbocycles. The van der Waals surface area contributed by atoms with Gasteiger partial charge in [0, 0.05) is 12.1 Å². The standard InChI is InChI=1S/C24H27NO4/c1-3-17-28-22-14-11-21(12-15-22)13-16-24(27)29-18-23(26)25-19(2)9-10-20-7-5-4-6-8-20/h3-8,11-16,19H,1,9-10,17-18H2,2H3,(H,25,26)/b16-13+. The Hall–Kier alpha value is -3.34. The van der Waals surface area contributed by atoms with Gasteiger partial charge in [0.2, 0.25) is 0 Å². The third-order valence-electron chi connectivity index (χ3n) is 4.12. The summed E-state index contributed by atoms with van der Waals surface area (Å²) in [4.78, 5) is 23.7. The monoisotopic (exact) mass is 393 g/mol. The molecule has 5 nitrogen and oxygen atoms in total. The predicted octanol–water partition coefficient (Wildman–Crippen LogP) is 3.95. The molecule has 152 valence electrons. The van der Waals surface area contributed by atoms with E-state index in [9.17, 15) is 9.59 Å². The third kappa shape index (κ3) is 8.93. The second kappa shape index (κ2) is 12.2. The lowest BCUT2D eigenvalue weighted by atomic mass is 10.1. The highest BCUT2D eigenvalue weighted by molar-refractivity contribution is 5.89. The lowest BCUT2D eigenvalue weighted by molar-refractivity contribution is -0.144. The molecule has 0 aliphatic rings. The summed E-state index contributed by atoms with van der Waals surface area (Å²) in [7, 11) is 0. The normalized spacial score (nSPS) is 11.6. The van der Waals surface area contributed by atoms with Gasteiger partial charge in [-0.15, -0.1) is 0 Å². The average molecular weight is 393 g/mol. The summed E-state index contributed by atoms with van der Waals surface area (Å²) >= 11 is 0. The predicted molar refractivity (Wildman–Crippen MR) is 114 cm³/mol. The molecule has 0 bridgehead atoms. The summed E-state index contributed by atoms with van der Waals surface area (Å²) < 4.78 is 10.4. The van der Waals surface area contributed by atoms with E-state index < -0.39 is 5.97 Å². The lowest BCUT2D eigenvalue weighted by Gasteiger charge is -2.13. The fourth-order valence-corrected chi connectivity index (χ4v) is 2.60. The summed E-state index contributed by atoms with van der Waals surface area (Å²) in [6.07, 6.45) is 6.29. The molecule has 0 radical (unpaired) electrons. The van der Waals surface area contributed by atoms with Crippen molar-refractivity contribution in [2.45, 2.75) is 25.8 Å². The molecule has 0 spiro atoms. The number of carbonyl (C=O) groups excluding carboxylic acids is 2. The van der Waals surface area contributed by atoms with Crippen molar-refractivity contribution in [2.75, 3.05) is 13.2 Å². The Kier molecular flexibility index (Phi) is 9.22. The van der Waals surface area contributed by atoms with Crippen LogP contribution in [0.4, 0.5) is 0 Å². The summed E-state index contributed by atoms with van der Waals surface area (Å²) in [5.41, 5.74) is 2.05. The Bertz CT molecular complexity index is 813. The zero-order chi connectivity index (χ0) is 20.9. The van der Waals surface area contributed by atoms with Gasteiger partial charge in [-0.1, -0.05) is 55.1 Å². The number of carbonyl (C=O) groups is 2. The molecule has 0 saturated heterocycles. The van der Waals surface area contributed by atoms with E-state index in [2.05, 4.69) is 24.0 Å². The van der Waals surface area contributed by atoms with Crippen molar-refractivity contribution in [3.8, 4) is 5.75 Å². The number of hydrogen-bond donors (Lipinski definition) is 1. The van der Waals surface area contributed by atoms with Crippen molar-refractivity contribution in [1.82, 2.24) is 5.32 Å². The van der Waals surface area contributed by atoms with E-state index in [1.54, 1.807) is 24.3 Å². The first-order valence-corrected chi connectivity index (χ1v) is 9.58. The smallest absolute Gasteiger partial charge is 0.331 e. The van der Waals surface area contributed by atoms with Crippen LogP contribution in [0.25, 0.3) is 6.08 Å². The Morgan fingerprint density at radius 1 is 1.10 bits per heavy atom. The lowest BCUT2D eigenvalue weighted by Crippen LogP contribution is -2.36. The Balaban J connectivity index is 1.67.